The quantitative estimate of drug-likeness (QED) is 0.0488. The minimum Gasteiger partial charge on any atom is -1.00 e. The van der Waals surface area contributed by atoms with Gasteiger partial charge in [-0.25, -0.2) is 0 Å². The van der Waals surface area contributed by atoms with Crippen molar-refractivity contribution in [3.63, 3.8) is 0 Å². The zero-order valence-corrected chi connectivity index (χ0v) is 31.5. The van der Waals surface area contributed by atoms with Crippen molar-refractivity contribution in [3.8, 4) is 0 Å². The summed E-state index contributed by atoms with van der Waals surface area (Å²) in [4.78, 5) is 61.3. The second-order valence-corrected chi connectivity index (χ2v) is 16.6. The Labute approximate surface area is 306 Å². The maximum atomic E-state index is 13.0. The Kier molecular flexibility index (Phi) is 19.0. The molecule has 3 aromatic carbocycles. The largest absolute Gasteiger partial charge is 1.00 e. The number of nitrogens with two attached hydrogens (primary N) is 1. The summed E-state index contributed by atoms with van der Waals surface area (Å²) < 4.78 is 9.14. The Morgan fingerprint density at radius 2 is 1.29 bits per heavy atom. The predicted octanol–water partition coefficient (Wildman–Crippen LogP) is -1.46. The second kappa shape index (κ2) is 22.3. The van der Waals surface area contributed by atoms with Crippen molar-refractivity contribution < 1.29 is 50.4 Å². The summed E-state index contributed by atoms with van der Waals surface area (Å²) in [5.41, 5.74) is 5.71. The fourth-order valence-corrected chi connectivity index (χ4v) is 11.1. The highest BCUT2D eigenvalue weighted by molar-refractivity contribution is 8.76. The van der Waals surface area contributed by atoms with Crippen LogP contribution in [0.5, 0.6) is 0 Å². The molecule has 3 aromatic rings. The molecule has 0 spiro atoms. The number of nitrogens with one attached hydrogen (secondary N) is 3. The first-order chi connectivity index (χ1) is 23.2. The van der Waals surface area contributed by atoms with Gasteiger partial charge in [-0.1, -0.05) is 76.2 Å². The summed E-state index contributed by atoms with van der Waals surface area (Å²) in [7, 11) is 2.79. The average Bonchev–Trinajstić information content (AvgIpc) is 3.13. The average molecular weight is 794 g/mol. The molecule has 0 fully saturated rings. The van der Waals surface area contributed by atoms with Crippen molar-refractivity contribution in [2.24, 2.45) is 5.73 Å². The van der Waals surface area contributed by atoms with Crippen molar-refractivity contribution in [2.75, 3.05) is 45.0 Å². The topological polar surface area (TPSA) is 166 Å². The monoisotopic (exact) mass is 792 g/mol. The van der Waals surface area contributed by atoms with Crippen LogP contribution < -0.4 is 54.6 Å². The second-order valence-electron chi connectivity index (χ2n) is 10.5. The highest BCUT2D eigenvalue weighted by Crippen LogP contribution is 2.54. The molecule has 3 amide bonds. The van der Waals surface area contributed by atoms with Gasteiger partial charge in [-0.05, 0) is 42.8 Å². The Hall–Kier alpha value is -3.42. The number of esters is 2. The molecule has 5 N–H and O–H groups in total. The number of carbonyl (C=O) groups is 5. The fraction of sp³-hybridized carbons (Fsp3) is 0.324. The van der Waals surface area contributed by atoms with Gasteiger partial charge in [0.1, 0.15) is 41.8 Å². The van der Waals surface area contributed by atoms with Crippen molar-refractivity contribution in [2.45, 2.75) is 24.9 Å². The zero-order valence-electron chi connectivity index (χ0n) is 27.3. The van der Waals surface area contributed by atoms with E-state index in [1.807, 2.05) is 54.6 Å². The molecule has 49 heavy (non-hydrogen) atoms. The van der Waals surface area contributed by atoms with E-state index in [1.54, 1.807) is 0 Å². The lowest BCUT2D eigenvalue weighted by Crippen LogP contribution is -3.00. The normalized spacial score (nSPS) is 12.0. The van der Waals surface area contributed by atoms with Crippen LogP contribution in [0, 0.1) is 0 Å². The summed E-state index contributed by atoms with van der Waals surface area (Å²) in [6.07, 6.45) is 0.637. The lowest BCUT2D eigenvalue weighted by atomic mass is 10.1. The van der Waals surface area contributed by atoms with E-state index in [0.717, 1.165) is 6.16 Å². The molecule has 0 radical (unpaired) electrons. The smallest absolute Gasteiger partial charge is 0.325 e. The summed E-state index contributed by atoms with van der Waals surface area (Å²) in [5.74, 6) is -2.31. The first-order valence-corrected chi connectivity index (χ1v) is 19.7. The third kappa shape index (κ3) is 13.1. The number of hydrogen-bond acceptors (Lipinski definition) is 10. The van der Waals surface area contributed by atoms with Crippen LogP contribution in [0.4, 0.5) is 0 Å². The molecule has 264 valence electrons. The Bertz CT molecular complexity index is 1400. The number of halogens is 1. The van der Waals surface area contributed by atoms with Crippen LogP contribution in [-0.2, 0) is 33.4 Å². The van der Waals surface area contributed by atoms with E-state index in [9.17, 15) is 24.0 Å². The first-order valence-electron chi connectivity index (χ1n) is 15.2. The summed E-state index contributed by atoms with van der Waals surface area (Å²) in [6.45, 7) is 0.0903. The first kappa shape index (κ1) is 41.7. The molecule has 2 unspecified atom stereocenters. The highest BCUT2D eigenvalue weighted by Gasteiger charge is 2.44. The zero-order chi connectivity index (χ0) is 34.8. The molecule has 0 saturated heterocycles. The number of ether oxygens (including phenoxy) is 2. The van der Waals surface area contributed by atoms with Crippen LogP contribution in [0.25, 0.3) is 0 Å². The van der Waals surface area contributed by atoms with Gasteiger partial charge in [0.05, 0.1) is 32.7 Å². The third-order valence-electron chi connectivity index (χ3n) is 7.34. The molecule has 0 aromatic heterocycles. The van der Waals surface area contributed by atoms with Gasteiger partial charge >= 0.3 is 11.9 Å². The molecule has 0 aliphatic carbocycles. The Morgan fingerprint density at radius 3 is 1.78 bits per heavy atom. The van der Waals surface area contributed by atoms with Gasteiger partial charge in [0.15, 0.2) is 0 Å². The van der Waals surface area contributed by atoms with Gasteiger partial charge < -0.3 is 48.1 Å². The van der Waals surface area contributed by atoms with Gasteiger partial charge in [-0.15, -0.1) is 0 Å². The minimum absolute atomic E-state index is 0. The molecule has 0 aliphatic rings. The molecular formula is C34H42BrN4O7PS2. The Morgan fingerprint density at radius 1 is 0.755 bits per heavy atom. The minimum atomic E-state index is -2.09. The van der Waals surface area contributed by atoms with Gasteiger partial charge in [0.2, 0.25) is 17.7 Å². The van der Waals surface area contributed by atoms with Crippen molar-refractivity contribution >= 4 is 74.4 Å². The van der Waals surface area contributed by atoms with Gasteiger partial charge in [0, 0.05) is 12.2 Å². The number of rotatable bonds is 19. The van der Waals surface area contributed by atoms with Crippen molar-refractivity contribution in [1.29, 1.82) is 0 Å². The van der Waals surface area contributed by atoms with E-state index in [-0.39, 0.29) is 53.8 Å². The van der Waals surface area contributed by atoms with Crippen LogP contribution in [0.1, 0.15) is 12.8 Å². The van der Waals surface area contributed by atoms with Gasteiger partial charge in [-0.3, -0.25) is 24.0 Å². The molecule has 0 aliphatic heterocycles. The maximum Gasteiger partial charge on any atom is 0.325 e. The predicted molar refractivity (Wildman–Crippen MR) is 194 cm³/mol. The summed E-state index contributed by atoms with van der Waals surface area (Å²) >= 11 is 0. The number of amides is 3. The fourth-order valence-electron chi connectivity index (χ4n) is 4.87. The summed E-state index contributed by atoms with van der Waals surface area (Å²) in [5, 5.41) is 11.8. The molecule has 15 heteroatoms. The van der Waals surface area contributed by atoms with E-state index in [0.29, 0.717) is 6.54 Å². The van der Waals surface area contributed by atoms with Crippen LogP contribution in [0.2, 0.25) is 0 Å². The van der Waals surface area contributed by atoms with E-state index < -0.39 is 43.1 Å². The number of benzene rings is 3. The van der Waals surface area contributed by atoms with Crippen molar-refractivity contribution in [1.82, 2.24) is 16.0 Å². The molecule has 3 rings (SSSR count). The van der Waals surface area contributed by atoms with E-state index in [4.69, 9.17) is 5.73 Å². The third-order valence-corrected chi connectivity index (χ3v) is 14.1. The van der Waals surface area contributed by atoms with Gasteiger partial charge in [-0.2, -0.15) is 0 Å². The maximum absolute atomic E-state index is 13.0. The van der Waals surface area contributed by atoms with E-state index >= 15 is 0 Å². The van der Waals surface area contributed by atoms with Crippen LogP contribution in [0.15, 0.2) is 91.0 Å². The van der Waals surface area contributed by atoms with Crippen molar-refractivity contribution in [3.05, 3.63) is 91.0 Å². The highest BCUT2D eigenvalue weighted by atomic mass is 79.9. The number of methoxy groups -OCH3 is 2. The summed E-state index contributed by atoms with van der Waals surface area (Å²) in [6, 6.07) is 29.3. The molecule has 0 saturated carbocycles. The van der Waals surface area contributed by atoms with Crippen LogP contribution in [0.3, 0.4) is 0 Å². The Balaban J connectivity index is 0.00000833. The van der Waals surface area contributed by atoms with Gasteiger partial charge in [0.25, 0.3) is 0 Å². The number of carbonyl (C=O) groups excluding carboxylic acids is 5. The lowest BCUT2D eigenvalue weighted by Gasteiger charge is -2.27. The molecule has 2 atom stereocenters. The van der Waals surface area contributed by atoms with E-state index in [2.05, 4.69) is 61.8 Å². The molecule has 11 nitrogen and oxygen atoms in total. The van der Waals surface area contributed by atoms with E-state index in [1.165, 1.54) is 51.7 Å². The number of hydrogen-bond donors (Lipinski definition) is 4. The lowest BCUT2D eigenvalue weighted by molar-refractivity contribution is -0.142. The molecular weight excluding hydrogens is 751 g/mol. The van der Waals surface area contributed by atoms with Crippen LogP contribution >= 0.6 is 28.9 Å². The SMILES string of the molecule is COC(=O)CNC(=O)C(CSSCC(=O)NCC[P+](c1ccccc1)(c1ccccc1)c1ccccc1)NC(=O)CCC(N)C(=O)OC.[Br-]. The molecule has 0 heterocycles. The molecule has 0 bridgehead atoms. The standard InChI is InChI=1S/C34H41N4O7PS2.BrH/c1-44-32(41)22-37-33(42)29(38-30(39)19-18-28(35)34(43)45-2)23-47-48-24-31(40)36-20-21-46(25-12-6-3-7-13-25,26-14-8-4-9-15-26)27-16-10-5-11-17-27;/h3-17,28-29H,18-24,35H2,1-2H3,(H2-,36,37,38,39,40,42);1H. The van der Waals surface area contributed by atoms with Crippen LogP contribution in [-0.4, -0.2) is 86.7 Å².